The summed E-state index contributed by atoms with van der Waals surface area (Å²) in [4.78, 5) is 11.3. The Morgan fingerprint density at radius 1 is 1.50 bits per heavy atom. The van der Waals surface area contributed by atoms with E-state index in [4.69, 9.17) is 9.47 Å². The van der Waals surface area contributed by atoms with Crippen LogP contribution in [0.5, 0.6) is 0 Å². The number of hydrogen-bond donors (Lipinski definition) is 0. The molecule has 0 spiro atoms. The third kappa shape index (κ3) is 1.19. The molecule has 66 valence electrons. The van der Waals surface area contributed by atoms with Gasteiger partial charge < -0.3 is 9.47 Å². The molecule has 1 heterocycles. The van der Waals surface area contributed by atoms with Gasteiger partial charge in [0.2, 0.25) is 0 Å². The van der Waals surface area contributed by atoms with Crippen LogP contribution in [0.25, 0.3) is 0 Å². The van der Waals surface area contributed by atoms with Gasteiger partial charge in [-0.3, -0.25) is 4.79 Å². The summed E-state index contributed by atoms with van der Waals surface area (Å²) in [5.74, 6) is -0.575. The number of fused-ring (bicyclic) bond motifs is 1. The fraction of sp³-hybridized carbons (Fsp3) is 0.667. The van der Waals surface area contributed by atoms with Crippen LogP contribution in [0.2, 0.25) is 0 Å². The van der Waals surface area contributed by atoms with Crippen LogP contribution in [-0.2, 0) is 14.3 Å². The van der Waals surface area contributed by atoms with Crippen LogP contribution in [0.1, 0.15) is 20.3 Å². The Morgan fingerprint density at radius 2 is 2.25 bits per heavy atom. The van der Waals surface area contributed by atoms with E-state index >= 15 is 0 Å². The van der Waals surface area contributed by atoms with Crippen molar-refractivity contribution in [2.45, 2.75) is 38.3 Å². The quantitative estimate of drug-likeness (QED) is 0.542. The van der Waals surface area contributed by atoms with E-state index in [1.54, 1.807) is 6.08 Å². The fourth-order valence-corrected chi connectivity index (χ4v) is 1.66. The molecule has 12 heavy (non-hydrogen) atoms. The molecule has 2 aliphatic rings. The van der Waals surface area contributed by atoms with Crippen LogP contribution in [0.15, 0.2) is 12.2 Å². The average Bonchev–Trinajstić information content (AvgIpc) is 2.25. The van der Waals surface area contributed by atoms with E-state index < -0.39 is 5.79 Å². The molecule has 0 bridgehead atoms. The van der Waals surface area contributed by atoms with Crippen molar-refractivity contribution in [2.75, 3.05) is 0 Å². The topological polar surface area (TPSA) is 35.5 Å². The van der Waals surface area contributed by atoms with Crippen molar-refractivity contribution >= 4 is 5.78 Å². The largest absolute Gasteiger partial charge is 0.344 e. The van der Waals surface area contributed by atoms with Crippen LogP contribution >= 0.6 is 0 Å². The minimum atomic E-state index is -0.600. The Kier molecular flexibility index (Phi) is 1.59. The third-order valence-corrected chi connectivity index (χ3v) is 2.11. The summed E-state index contributed by atoms with van der Waals surface area (Å²) in [6.45, 7) is 3.66. The summed E-state index contributed by atoms with van der Waals surface area (Å²) in [5.41, 5.74) is 0. The lowest BCUT2D eigenvalue weighted by atomic mass is 10.0. The standard InChI is InChI=1S/C9H12O3/c1-9(2)11-7-5-3-4-6(10)8(7)12-9/h3-4,7-8H,5H2,1-2H3. The summed E-state index contributed by atoms with van der Waals surface area (Å²) < 4.78 is 11.0. The summed E-state index contributed by atoms with van der Waals surface area (Å²) in [6.07, 6.45) is 3.75. The molecule has 0 radical (unpaired) electrons. The molecule has 0 N–H and O–H groups in total. The monoisotopic (exact) mass is 168 g/mol. The molecule has 1 fully saturated rings. The van der Waals surface area contributed by atoms with E-state index in [2.05, 4.69) is 0 Å². The predicted octanol–water partition coefficient (Wildman–Crippen LogP) is 1.04. The molecule has 2 atom stereocenters. The van der Waals surface area contributed by atoms with Crippen molar-refractivity contribution in [1.29, 1.82) is 0 Å². The van der Waals surface area contributed by atoms with Gasteiger partial charge >= 0.3 is 0 Å². The van der Waals surface area contributed by atoms with E-state index in [0.717, 1.165) is 6.42 Å². The van der Waals surface area contributed by atoms with Crippen molar-refractivity contribution < 1.29 is 14.3 Å². The summed E-state index contributed by atoms with van der Waals surface area (Å²) in [6, 6.07) is 0. The highest BCUT2D eigenvalue weighted by Gasteiger charge is 2.44. The second-order valence-corrected chi connectivity index (χ2v) is 3.64. The third-order valence-electron chi connectivity index (χ3n) is 2.11. The summed E-state index contributed by atoms with van der Waals surface area (Å²) >= 11 is 0. The van der Waals surface area contributed by atoms with Crippen LogP contribution < -0.4 is 0 Å². The maximum atomic E-state index is 11.3. The lowest BCUT2D eigenvalue weighted by molar-refractivity contribution is -0.152. The molecule has 1 saturated heterocycles. The maximum Gasteiger partial charge on any atom is 0.186 e. The molecule has 2 rings (SSSR count). The fourth-order valence-electron chi connectivity index (χ4n) is 1.66. The number of carbonyl (C=O) groups excluding carboxylic acids is 1. The first kappa shape index (κ1) is 7.95. The van der Waals surface area contributed by atoms with Gasteiger partial charge in [0.1, 0.15) is 6.10 Å². The number of ether oxygens (including phenoxy) is 2. The smallest absolute Gasteiger partial charge is 0.186 e. The zero-order valence-electron chi connectivity index (χ0n) is 7.24. The van der Waals surface area contributed by atoms with Gasteiger partial charge in [-0.2, -0.15) is 0 Å². The van der Waals surface area contributed by atoms with Gasteiger partial charge in [0.25, 0.3) is 0 Å². The van der Waals surface area contributed by atoms with E-state index in [1.165, 1.54) is 0 Å². The van der Waals surface area contributed by atoms with Crippen molar-refractivity contribution in [3.05, 3.63) is 12.2 Å². The van der Waals surface area contributed by atoms with Crippen LogP contribution in [0.4, 0.5) is 0 Å². The molecule has 3 heteroatoms. The van der Waals surface area contributed by atoms with Crippen molar-refractivity contribution in [2.24, 2.45) is 0 Å². The highest BCUT2D eigenvalue weighted by atomic mass is 16.8. The SMILES string of the molecule is CC1(C)OC2CC=CC(=O)C2O1. The van der Waals surface area contributed by atoms with Gasteiger partial charge in [-0.25, -0.2) is 0 Å². The molecule has 3 nitrogen and oxygen atoms in total. The normalized spacial score (nSPS) is 38.3. The van der Waals surface area contributed by atoms with Crippen LogP contribution in [0.3, 0.4) is 0 Å². The van der Waals surface area contributed by atoms with Crippen LogP contribution in [0, 0.1) is 0 Å². The summed E-state index contributed by atoms with van der Waals surface area (Å²) in [5, 5.41) is 0. The lowest BCUT2D eigenvalue weighted by Crippen LogP contribution is -2.32. The minimum absolute atomic E-state index is 0.0248. The second kappa shape index (κ2) is 2.41. The first-order valence-electron chi connectivity index (χ1n) is 4.14. The predicted molar refractivity (Wildman–Crippen MR) is 42.6 cm³/mol. The first-order chi connectivity index (χ1) is 5.58. The number of carbonyl (C=O) groups is 1. The zero-order chi connectivity index (χ0) is 8.77. The second-order valence-electron chi connectivity index (χ2n) is 3.64. The molecule has 0 saturated carbocycles. The lowest BCUT2D eigenvalue weighted by Gasteiger charge is -2.15. The number of rotatable bonds is 0. The molecular weight excluding hydrogens is 156 g/mol. The van der Waals surface area contributed by atoms with E-state index in [1.807, 2.05) is 19.9 Å². The Bertz CT molecular complexity index is 242. The average molecular weight is 168 g/mol. The summed E-state index contributed by atoms with van der Waals surface area (Å²) in [7, 11) is 0. The minimum Gasteiger partial charge on any atom is -0.344 e. The van der Waals surface area contributed by atoms with Gasteiger partial charge in [0.15, 0.2) is 11.6 Å². The Balaban J connectivity index is 2.20. The molecule has 1 aliphatic carbocycles. The Hall–Kier alpha value is -0.670. The van der Waals surface area contributed by atoms with Gasteiger partial charge in [0, 0.05) is 0 Å². The maximum absolute atomic E-state index is 11.3. The number of hydrogen-bond acceptors (Lipinski definition) is 3. The zero-order valence-corrected chi connectivity index (χ0v) is 7.24. The molecule has 2 unspecified atom stereocenters. The molecule has 0 aromatic rings. The Labute approximate surface area is 71.3 Å². The van der Waals surface area contributed by atoms with Crippen molar-refractivity contribution in [3.8, 4) is 0 Å². The highest BCUT2D eigenvalue weighted by Crippen LogP contribution is 2.32. The molecule has 0 aromatic heterocycles. The van der Waals surface area contributed by atoms with Crippen LogP contribution in [-0.4, -0.2) is 23.8 Å². The number of ketones is 1. The van der Waals surface area contributed by atoms with E-state index in [-0.39, 0.29) is 18.0 Å². The molecule has 0 amide bonds. The van der Waals surface area contributed by atoms with E-state index in [0.29, 0.717) is 0 Å². The van der Waals surface area contributed by atoms with Crippen molar-refractivity contribution in [1.82, 2.24) is 0 Å². The molecule has 1 aliphatic heterocycles. The van der Waals surface area contributed by atoms with Gasteiger partial charge in [0.05, 0.1) is 6.10 Å². The van der Waals surface area contributed by atoms with Gasteiger partial charge in [-0.15, -0.1) is 0 Å². The molecular formula is C9H12O3. The van der Waals surface area contributed by atoms with Gasteiger partial charge in [-0.1, -0.05) is 6.08 Å². The highest BCUT2D eigenvalue weighted by molar-refractivity contribution is 5.95. The van der Waals surface area contributed by atoms with E-state index in [9.17, 15) is 4.79 Å². The van der Waals surface area contributed by atoms with Crippen molar-refractivity contribution in [3.63, 3.8) is 0 Å². The first-order valence-corrected chi connectivity index (χ1v) is 4.14. The van der Waals surface area contributed by atoms with Gasteiger partial charge in [-0.05, 0) is 26.3 Å². The Morgan fingerprint density at radius 3 is 2.92 bits per heavy atom. The molecule has 0 aromatic carbocycles.